The number of aromatic nitrogens is 1. The average molecular weight is 274 g/mol. The van der Waals surface area contributed by atoms with E-state index in [2.05, 4.69) is 17.2 Å². The van der Waals surface area contributed by atoms with Crippen molar-refractivity contribution in [3.63, 3.8) is 0 Å². The summed E-state index contributed by atoms with van der Waals surface area (Å²) in [6.07, 6.45) is 0. The number of rotatable bonds is 3. The van der Waals surface area contributed by atoms with Gasteiger partial charge < -0.3 is 5.32 Å². The summed E-state index contributed by atoms with van der Waals surface area (Å²) in [6.45, 7) is 7.97. The van der Waals surface area contributed by atoms with E-state index in [0.29, 0.717) is 5.56 Å². The Bertz CT molecular complexity index is 582. The van der Waals surface area contributed by atoms with Crippen LogP contribution >= 0.6 is 11.3 Å². The lowest BCUT2D eigenvalue weighted by Crippen LogP contribution is -2.30. The number of thiazole rings is 1. The highest BCUT2D eigenvalue weighted by Crippen LogP contribution is 2.27. The van der Waals surface area contributed by atoms with E-state index >= 15 is 0 Å². The van der Waals surface area contributed by atoms with Crippen LogP contribution in [0.4, 0.5) is 0 Å². The molecule has 19 heavy (non-hydrogen) atoms. The second-order valence-electron chi connectivity index (χ2n) is 4.87. The van der Waals surface area contributed by atoms with E-state index in [1.807, 2.05) is 45.0 Å². The zero-order chi connectivity index (χ0) is 14.0. The standard InChI is InChI=1S/C15H18N2OS/c1-9(2)16-14(18)12-6-5-7-13(8-12)15-17-10(3)11(4)19-15/h5-9H,1-4H3,(H,16,18). The van der Waals surface area contributed by atoms with Crippen LogP contribution < -0.4 is 5.32 Å². The van der Waals surface area contributed by atoms with Gasteiger partial charge in [-0.3, -0.25) is 4.79 Å². The van der Waals surface area contributed by atoms with E-state index in [4.69, 9.17) is 0 Å². The van der Waals surface area contributed by atoms with Crippen molar-refractivity contribution in [2.75, 3.05) is 0 Å². The van der Waals surface area contributed by atoms with Gasteiger partial charge in [0.2, 0.25) is 0 Å². The lowest BCUT2D eigenvalue weighted by molar-refractivity contribution is 0.0943. The number of nitrogens with one attached hydrogen (secondary N) is 1. The normalized spacial score (nSPS) is 10.8. The molecule has 0 saturated heterocycles. The maximum Gasteiger partial charge on any atom is 0.251 e. The summed E-state index contributed by atoms with van der Waals surface area (Å²) in [5, 5.41) is 3.87. The summed E-state index contributed by atoms with van der Waals surface area (Å²) in [5.74, 6) is -0.0400. The van der Waals surface area contributed by atoms with Crippen LogP contribution in [0, 0.1) is 13.8 Å². The second kappa shape index (κ2) is 5.53. The third-order valence-corrected chi connectivity index (χ3v) is 3.94. The number of hydrogen-bond acceptors (Lipinski definition) is 3. The summed E-state index contributed by atoms with van der Waals surface area (Å²) in [4.78, 5) is 17.7. The maximum atomic E-state index is 12.0. The predicted molar refractivity (Wildman–Crippen MR) is 79.6 cm³/mol. The molecule has 4 heteroatoms. The quantitative estimate of drug-likeness (QED) is 0.929. The van der Waals surface area contributed by atoms with Crippen molar-refractivity contribution in [1.29, 1.82) is 0 Å². The SMILES string of the molecule is Cc1nc(-c2cccc(C(=O)NC(C)C)c2)sc1C. The van der Waals surface area contributed by atoms with Crippen molar-refractivity contribution in [1.82, 2.24) is 10.3 Å². The molecule has 0 spiro atoms. The van der Waals surface area contributed by atoms with Crippen molar-refractivity contribution in [3.05, 3.63) is 40.4 Å². The Kier molecular flexibility index (Phi) is 4.00. The Balaban J connectivity index is 2.31. The van der Waals surface area contributed by atoms with E-state index < -0.39 is 0 Å². The van der Waals surface area contributed by atoms with Crippen LogP contribution in [0.3, 0.4) is 0 Å². The molecule has 0 saturated carbocycles. The van der Waals surface area contributed by atoms with Gasteiger partial charge in [-0.15, -0.1) is 11.3 Å². The summed E-state index contributed by atoms with van der Waals surface area (Å²) >= 11 is 1.66. The van der Waals surface area contributed by atoms with Crippen LogP contribution in [0.15, 0.2) is 24.3 Å². The topological polar surface area (TPSA) is 42.0 Å². The minimum absolute atomic E-state index is 0.0400. The van der Waals surface area contributed by atoms with E-state index in [0.717, 1.165) is 16.3 Å². The first kappa shape index (κ1) is 13.7. The first-order valence-corrected chi connectivity index (χ1v) is 7.14. The van der Waals surface area contributed by atoms with Gasteiger partial charge >= 0.3 is 0 Å². The molecule has 2 rings (SSSR count). The minimum atomic E-state index is -0.0400. The fourth-order valence-electron chi connectivity index (χ4n) is 1.74. The highest BCUT2D eigenvalue weighted by atomic mass is 32.1. The van der Waals surface area contributed by atoms with Crippen molar-refractivity contribution >= 4 is 17.2 Å². The largest absolute Gasteiger partial charge is 0.350 e. The molecule has 1 N–H and O–H groups in total. The molecule has 1 amide bonds. The first-order chi connectivity index (χ1) is 8.97. The fourth-order valence-corrected chi connectivity index (χ4v) is 2.65. The molecule has 100 valence electrons. The number of hydrogen-bond donors (Lipinski definition) is 1. The van der Waals surface area contributed by atoms with E-state index in [1.54, 1.807) is 11.3 Å². The van der Waals surface area contributed by atoms with Gasteiger partial charge in [0.1, 0.15) is 5.01 Å². The molecule has 0 radical (unpaired) electrons. The van der Waals surface area contributed by atoms with Crippen LogP contribution in [-0.2, 0) is 0 Å². The van der Waals surface area contributed by atoms with E-state index in [-0.39, 0.29) is 11.9 Å². The van der Waals surface area contributed by atoms with Gasteiger partial charge in [-0.1, -0.05) is 12.1 Å². The van der Waals surface area contributed by atoms with E-state index in [9.17, 15) is 4.79 Å². The summed E-state index contributed by atoms with van der Waals surface area (Å²) in [7, 11) is 0. The Morgan fingerprint density at radius 2 is 2.05 bits per heavy atom. The number of amides is 1. The molecule has 0 bridgehead atoms. The molecule has 1 aromatic heterocycles. The third kappa shape index (κ3) is 3.20. The average Bonchev–Trinajstić information content (AvgIpc) is 2.69. The van der Waals surface area contributed by atoms with Crippen LogP contribution in [0.5, 0.6) is 0 Å². The molecule has 0 aliphatic heterocycles. The molecular formula is C15H18N2OS. The van der Waals surface area contributed by atoms with E-state index in [1.165, 1.54) is 4.88 Å². The molecule has 1 aromatic carbocycles. The lowest BCUT2D eigenvalue weighted by Gasteiger charge is -2.08. The van der Waals surface area contributed by atoms with Crippen LogP contribution in [0.1, 0.15) is 34.8 Å². The summed E-state index contributed by atoms with van der Waals surface area (Å²) in [5.41, 5.74) is 2.73. The van der Waals surface area contributed by atoms with Gasteiger partial charge in [0, 0.05) is 22.0 Å². The van der Waals surface area contributed by atoms with Gasteiger partial charge in [-0.25, -0.2) is 4.98 Å². The molecular weight excluding hydrogens is 256 g/mol. The molecule has 0 unspecified atom stereocenters. The number of carbonyl (C=O) groups is 1. The monoisotopic (exact) mass is 274 g/mol. The Morgan fingerprint density at radius 3 is 2.63 bits per heavy atom. The number of aryl methyl sites for hydroxylation is 2. The molecule has 0 atom stereocenters. The maximum absolute atomic E-state index is 12.0. The van der Waals surface area contributed by atoms with Crippen molar-refractivity contribution in [2.24, 2.45) is 0 Å². The predicted octanol–water partition coefficient (Wildman–Crippen LogP) is 3.57. The van der Waals surface area contributed by atoms with Gasteiger partial charge in [0.25, 0.3) is 5.91 Å². The summed E-state index contributed by atoms with van der Waals surface area (Å²) < 4.78 is 0. The molecule has 0 fully saturated rings. The first-order valence-electron chi connectivity index (χ1n) is 6.32. The van der Waals surface area contributed by atoms with Gasteiger partial charge in [-0.2, -0.15) is 0 Å². The minimum Gasteiger partial charge on any atom is -0.350 e. The Labute approximate surface area is 117 Å². The lowest BCUT2D eigenvalue weighted by atomic mass is 10.1. The number of nitrogens with zero attached hydrogens (tertiary/aromatic N) is 1. The Hall–Kier alpha value is -1.68. The molecule has 1 heterocycles. The molecule has 2 aromatic rings. The van der Waals surface area contributed by atoms with Gasteiger partial charge in [-0.05, 0) is 39.8 Å². The van der Waals surface area contributed by atoms with Crippen molar-refractivity contribution in [2.45, 2.75) is 33.7 Å². The van der Waals surface area contributed by atoms with Crippen LogP contribution in [0.25, 0.3) is 10.6 Å². The molecule has 0 aliphatic carbocycles. The van der Waals surface area contributed by atoms with Crippen LogP contribution in [-0.4, -0.2) is 16.9 Å². The van der Waals surface area contributed by atoms with Gasteiger partial charge in [0.15, 0.2) is 0 Å². The molecule has 3 nitrogen and oxygen atoms in total. The Morgan fingerprint density at radius 1 is 1.32 bits per heavy atom. The highest BCUT2D eigenvalue weighted by molar-refractivity contribution is 7.15. The number of benzene rings is 1. The second-order valence-corrected chi connectivity index (χ2v) is 6.07. The van der Waals surface area contributed by atoms with Crippen molar-refractivity contribution in [3.8, 4) is 10.6 Å². The fraction of sp³-hybridized carbons (Fsp3) is 0.333. The smallest absolute Gasteiger partial charge is 0.251 e. The summed E-state index contributed by atoms with van der Waals surface area (Å²) in [6, 6.07) is 7.75. The number of carbonyl (C=O) groups excluding carboxylic acids is 1. The highest BCUT2D eigenvalue weighted by Gasteiger charge is 2.10. The third-order valence-electron chi connectivity index (χ3n) is 2.82. The molecule has 0 aliphatic rings. The zero-order valence-electron chi connectivity index (χ0n) is 11.7. The van der Waals surface area contributed by atoms with Crippen LogP contribution in [0.2, 0.25) is 0 Å². The van der Waals surface area contributed by atoms with Crippen molar-refractivity contribution < 1.29 is 4.79 Å². The van der Waals surface area contributed by atoms with Gasteiger partial charge in [0.05, 0.1) is 5.69 Å². The zero-order valence-corrected chi connectivity index (χ0v) is 12.5.